The molecule has 24 heavy (non-hydrogen) atoms. The highest BCUT2D eigenvalue weighted by molar-refractivity contribution is 5.85. The van der Waals surface area contributed by atoms with Gasteiger partial charge in [-0.15, -0.1) is 12.4 Å². The van der Waals surface area contributed by atoms with E-state index in [2.05, 4.69) is 10.6 Å². The Labute approximate surface area is 149 Å². The van der Waals surface area contributed by atoms with E-state index in [9.17, 15) is 9.59 Å². The lowest BCUT2D eigenvalue weighted by molar-refractivity contribution is -0.128. The van der Waals surface area contributed by atoms with E-state index in [0.717, 1.165) is 24.1 Å². The van der Waals surface area contributed by atoms with E-state index in [1.807, 2.05) is 29.2 Å². The predicted molar refractivity (Wildman–Crippen MR) is 94.9 cm³/mol. The average molecular weight is 356 g/mol. The van der Waals surface area contributed by atoms with Crippen LogP contribution in [0.3, 0.4) is 0 Å². The molecule has 134 valence electrons. The molecule has 7 heteroatoms. The van der Waals surface area contributed by atoms with E-state index in [0.29, 0.717) is 39.2 Å². The minimum atomic E-state index is -0.0344. The van der Waals surface area contributed by atoms with Gasteiger partial charge in [0, 0.05) is 39.7 Å². The van der Waals surface area contributed by atoms with Crippen LogP contribution in [0.2, 0.25) is 0 Å². The normalized spacial score (nSPS) is 13.7. The highest BCUT2D eigenvalue weighted by Crippen LogP contribution is 2.14. The van der Waals surface area contributed by atoms with E-state index in [1.165, 1.54) is 0 Å². The molecule has 0 radical (unpaired) electrons. The van der Waals surface area contributed by atoms with Crippen molar-refractivity contribution in [1.29, 1.82) is 0 Å². The number of rotatable bonds is 9. The monoisotopic (exact) mass is 355 g/mol. The molecule has 0 saturated carbocycles. The SMILES string of the molecule is COCCNCC(=O)NCc1ccc(CN2CCCC2=O)cc1.Cl. The third-order valence-electron chi connectivity index (χ3n) is 3.83. The van der Waals surface area contributed by atoms with Crippen molar-refractivity contribution in [3.63, 3.8) is 0 Å². The Morgan fingerprint density at radius 3 is 2.58 bits per heavy atom. The van der Waals surface area contributed by atoms with Crippen molar-refractivity contribution in [2.75, 3.05) is 33.4 Å². The maximum Gasteiger partial charge on any atom is 0.234 e. The fourth-order valence-electron chi connectivity index (χ4n) is 2.49. The van der Waals surface area contributed by atoms with Crippen LogP contribution in [0.4, 0.5) is 0 Å². The summed E-state index contributed by atoms with van der Waals surface area (Å²) in [5, 5.41) is 5.87. The summed E-state index contributed by atoms with van der Waals surface area (Å²) in [6.07, 6.45) is 1.63. The second-order valence-corrected chi connectivity index (χ2v) is 5.68. The Morgan fingerprint density at radius 1 is 1.25 bits per heavy atom. The minimum Gasteiger partial charge on any atom is -0.383 e. The fourth-order valence-corrected chi connectivity index (χ4v) is 2.49. The molecule has 2 amide bonds. The number of methoxy groups -OCH3 is 1. The Balaban J connectivity index is 0.00000288. The van der Waals surface area contributed by atoms with Gasteiger partial charge in [0.25, 0.3) is 0 Å². The summed E-state index contributed by atoms with van der Waals surface area (Å²) in [6.45, 7) is 3.58. The van der Waals surface area contributed by atoms with Gasteiger partial charge in [-0.3, -0.25) is 9.59 Å². The molecule has 0 unspecified atom stereocenters. The van der Waals surface area contributed by atoms with Crippen LogP contribution >= 0.6 is 12.4 Å². The number of nitrogens with zero attached hydrogens (tertiary/aromatic N) is 1. The van der Waals surface area contributed by atoms with Crippen LogP contribution in [0, 0.1) is 0 Å². The fraction of sp³-hybridized carbons (Fsp3) is 0.529. The number of benzene rings is 1. The number of carbonyl (C=O) groups excluding carboxylic acids is 2. The van der Waals surface area contributed by atoms with E-state index >= 15 is 0 Å². The van der Waals surface area contributed by atoms with Gasteiger partial charge >= 0.3 is 0 Å². The van der Waals surface area contributed by atoms with Crippen LogP contribution in [0.5, 0.6) is 0 Å². The summed E-state index contributed by atoms with van der Waals surface area (Å²) in [7, 11) is 1.63. The molecule has 1 heterocycles. The van der Waals surface area contributed by atoms with Gasteiger partial charge in [-0.05, 0) is 17.5 Å². The number of carbonyl (C=O) groups is 2. The molecule has 1 fully saturated rings. The molecule has 2 rings (SSSR count). The number of ether oxygens (including phenoxy) is 1. The quantitative estimate of drug-likeness (QED) is 0.650. The van der Waals surface area contributed by atoms with Gasteiger partial charge in [0.1, 0.15) is 0 Å². The van der Waals surface area contributed by atoms with Crippen LogP contribution in [0.1, 0.15) is 24.0 Å². The van der Waals surface area contributed by atoms with Crippen molar-refractivity contribution >= 4 is 24.2 Å². The Morgan fingerprint density at radius 2 is 1.96 bits per heavy atom. The van der Waals surface area contributed by atoms with Gasteiger partial charge in [-0.1, -0.05) is 24.3 Å². The number of halogens is 1. The lowest BCUT2D eigenvalue weighted by Crippen LogP contribution is -2.34. The highest BCUT2D eigenvalue weighted by atomic mass is 35.5. The van der Waals surface area contributed by atoms with Gasteiger partial charge in [0.05, 0.1) is 13.2 Å². The Kier molecular flexibility index (Phi) is 9.37. The standard InChI is InChI=1S/C17H25N3O3.ClH/c1-23-10-8-18-12-16(21)19-11-14-4-6-15(7-5-14)13-20-9-2-3-17(20)22;/h4-7,18H,2-3,8-13H2,1H3,(H,19,21);1H. The van der Waals surface area contributed by atoms with Crippen molar-refractivity contribution < 1.29 is 14.3 Å². The van der Waals surface area contributed by atoms with Crippen LogP contribution < -0.4 is 10.6 Å². The summed E-state index contributed by atoms with van der Waals surface area (Å²) in [4.78, 5) is 25.2. The van der Waals surface area contributed by atoms with Crippen LogP contribution in [-0.2, 0) is 27.4 Å². The Hall–Kier alpha value is -1.63. The zero-order chi connectivity index (χ0) is 16.5. The van der Waals surface area contributed by atoms with Gasteiger partial charge in [-0.2, -0.15) is 0 Å². The molecule has 0 aliphatic carbocycles. The van der Waals surface area contributed by atoms with E-state index in [-0.39, 0.29) is 24.2 Å². The molecule has 1 aromatic rings. The first kappa shape index (κ1) is 20.4. The molecule has 1 aliphatic rings. The van der Waals surface area contributed by atoms with Crippen LogP contribution in [0.15, 0.2) is 24.3 Å². The lowest BCUT2D eigenvalue weighted by atomic mass is 10.1. The van der Waals surface area contributed by atoms with Crippen molar-refractivity contribution in [3.05, 3.63) is 35.4 Å². The summed E-state index contributed by atoms with van der Waals surface area (Å²) in [5.74, 6) is 0.204. The molecule has 1 aromatic carbocycles. The van der Waals surface area contributed by atoms with Crippen molar-refractivity contribution in [1.82, 2.24) is 15.5 Å². The number of nitrogens with one attached hydrogen (secondary N) is 2. The van der Waals surface area contributed by atoms with Crippen molar-refractivity contribution in [2.45, 2.75) is 25.9 Å². The van der Waals surface area contributed by atoms with Crippen LogP contribution in [0.25, 0.3) is 0 Å². The summed E-state index contributed by atoms with van der Waals surface area (Å²) < 4.78 is 4.90. The first-order valence-electron chi connectivity index (χ1n) is 8.01. The van der Waals surface area contributed by atoms with Gasteiger partial charge < -0.3 is 20.3 Å². The number of amides is 2. The van der Waals surface area contributed by atoms with Crippen molar-refractivity contribution in [2.24, 2.45) is 0 Å². The molecule has 2 N–H and O–H groups in total. The topological polar surface area (TPSA) is 70.7 Å². The summed E-state index contributed by atoms with van der Waals surface area (Å²) in [6, 6.07) is 8.02. The summed E-state index contributed by atoms with van der Waals surface area (Å²) in [5.41, 5.74) is 2.17. The highest BCUT2D eigenvalue weighted by Gasteiger charge is 2.19. The van der Waals surface area contributed by atoms with Crippen LogP contribution in [-0.4, -0.2) is 50.1 Å². The van der Waals surface area contributed by atoms with Gasteiger partial charge in [0.2, 0.25) is 11.8 Å². The minimum absolute atomic E-state index is 0. The molecular weight excluding hydrogens is 330 g/mol. The third kappa shape index (κ3) is 6.86. The number of likely N-dealkylation sites (tertiary alicyclic amines) is 1. The molecule has 0 atom stereocenters. The van der Waals surface area contributed by atoms with Gasteiger partial charge in [0.15, 0.2) is 0 Å². The molecule has 0 aromatic heterocycles. The molecule has 0 bridgehead atoms. The largest absolute Gasteiger partial charge is 0.383 e. The molecule has 6 nitrogen and oxygen atoms in total. The second-order valence-electron chi connectivity index (χ2n) is 5.68. The van der Waals surface area contributed by atoms with E-state index in [4.69, 9.17) is 4.74 Å². The zero-order valence-corrected chi connectivity index (χ0v) is 14.9. The summed E-state index contributed by atoms with van der Waals surface area (Å²) >= 11 is 0. The van der Waals surface area contributed by atoms with E-state index in [1.54, 1.807) is 7.11 Å². The maximum atomic E-state index is 11.7. The molecular formula is C17H26ClN3O3. The third-order valence-corrected chi connectivity index (χ3v) is 3.83. The second kappa shape index (κ2) is 11.0. The molecule has 0 spiro atoms. The zero-order valence-electron chi connectivity index (χ0n) is 14.0. The van der Waals surface area contributed by atoms with Crippen molar-refractivity contribution in [3.8, 4) is 0 Å². The average Bonchev–Trinajstić information content (AvgIpc) is 2.96. The maximum absolute atomic E-state index is 11.7. The van der Waals surface area contributed by atoms with Gasteiger partial charge in [-0.25, -0.2) is 0 Å². The number of hydrogen-bond donors (Lipinski definition) is 2. The lowest BCUT2D eigenvalue weighted by Gasteiger charge is -2.15. The smallest absolute Gasteiger partial charge is 0.234 e. The molecule has 1 saturated heterocycles. The first-order valence-corrected chi connectivity index (χ1v) is 8.01. The number of hydrogen-bond acceptors (Lipinski definition) is 4. The first-order chi connectivity index (χ1) is 11.2. The van der Waals surface area contributed by atoms with E-state index < -0.39 is 0 Å². The predicted octanol–water partition coefficient (Wildman–Crippen LogP) is 1.08. The Bertz CT molecular complexity index is 522. The molecule has 1 aliphatic heterocycles.